The van der Waals surface area contributed by atoms with E-state index in [2.05, 4.69) is 0 Å². The second kappa shape index (κ2) is 2.64. The molecule has 3 nitrogen and oxygen atoms in total. The van der Waals surface area contributed by atoms with Crippen LogP contribution in [0.25, 0.3) is 0 Å². The molecule has 0 amide bonds. The van der Waals surface area contributed by atoms with Crippen molar-refractivity contribution in [2.45, 2.75) is 6.42 Å². The normalized spacial score (nSPS) is 16.8. The van der Waals surface area contributed by atoms with Gasteiger partial charge in [0.15, 0.2) is 5.76 Å². The first kappa shape index (κ1) is 6.29. The zero-order valence-electron chi connectivity index (χ0n) is 5.09. The molecule has 0 atom stereocenters. The number of rotatable bonds is 2. The Hall–Kier alpha value is -0.830. The van der Waals surface area contributed by atoms with Crippen molar-refractivity contribution in [2.24, 2.45) is 5.73 Å². The summed E-state index contributed by atoms with van der Waals surface area (Å²) in [7, 11) is 0. The molecular formula is C6H9NO2. The molecule has 3 heteroatoms. The fourth-order valence-corrected chi connectivity index (χ4v) is 0.713. The maximum atomic E-state index is 10.7. The molecule has 50 valence electrons. The molecule has 0 aromatic rings. The monoisotopic (exact) mass is 127 g/mol. The van der Waals surface area contributed by atoms with Crippen LogP contribution < -0.4 is 5.73 Å². The van der Waals surface area contributed by atoms with E-state index in [1.54, 1.807) is 6.08 Å². The van der Waals surface area contributed by atoms with Crippen molar-refractivity contribution in [2.75, 3.05) is 13.2 Å². The minimum Gasteiger partial charge on any atom is -0.490 e. The summed E-state index contributed by atoms with van der Waals surface area (Å²) in [5, 5.41) is 0. The van der Waals surface area contributed by atoms with E-state index in [-0.39, 0.29) is 12.3 Å². The van der Waals surface area contributed by atoms with Gasteiger partial charge in [-0.3, -0.25) is 4.79 Å². The van der Waals surface area contributed by atoms with Crippen LogP contribution in [0.2, 0.25) is 0 Å². The number of Topliss-reactive ketones (excluding diaryl/α,β-unsaturated/α-hetero) is 1. The summed E-state index contributed by atoms with van der Waals surface area (Å²) < 4.78 is 4.94. The fraction of sp³-hybridized carbons (Fsp3) is 0.500. The Morgan fingerprint density at radius 3 is 3.11 bits per heavy atom. The van der Waals surface area contributed by atoms with Crippen LogP contribution in [0.5, 0.6) is 0 Å². The van der Waals surface area contributed by atoms with Crippen LogP contribution in [-0.4, -0.2) is 18.9 Å². The standard InChI is InChI=1S/C6H9NO2/c7-4-5(8)6-2-1-3-9-6/h2H,1,3-4,7H2. The summed E-state index contributed by atoms with van der Waals surface area (Å²) in [5.41, 5.74) is 5.08. The van der Waals surface area contributed by atoms with Gasteiger partial charge in [-0.05, 0) is 6.08 Å². The topological polar surface area (TPSA) is 52.3 Å². The molecule has 0 saturated carbocycles. The van der Waals surface area contributed by atoms with Crippen LogP contribution in [0.1, 0.15) is 6.42 Å². The highest BCUT2D eigenvalue weighted by molar-refractivity contribution is 5.95. The van der Waals surface area contributed by atoms with Gasteiger partial charge in [-0.15, -0.1) is 0 Å². The van der Waals surface area contributed by atoms with Crippen LogP contribution in [0.4, 0.5) is 0 Å². The van der Waals surface area contributed by atoms with Gasteiger partial charge in [0.2, 0.25) is 5.78 Å². The predicted octanol–water partition coefficient (Wildman–Crippen LogP) is -0.182. The molecule has 0 fully saturated rings. The highest BCUT2D eigenvalue weighted by Gasteiger charge is 2.11. The highest BCUT2D eigenvalue weighted by atomic mass is 16.5. The van der Waals surface area contributed by atoms with Crippen LogP contribution >= 0.6 is 0 Å². The van der Waals surface area contributed by atoms with E-state index in [4.69, 9.17) is 10.5 Å². The van der Waals surface area contributed by atoms with Crippen LogP contribution in [0.3, 0.4) is 0 Å². The van der Waals surface area contributed by atoms with Crippen molar-refractivity contribution in [3.8, 4) is 0 Å². The molecule has 0 unspecified atom stereocenters. The van der Waals surface area contributed by atoms with E-state index in [0.29, 0.717) is 12.4 Å². The van der Waals surface area contributed by atoms with Gasteiger partial charge in [0, 0.05) is 6.42 Å². The summed E-state index contributed by atoms with van der Waals surface area (Å²) in [6, 6.07) is 0. The molecule has 1 rings (SSSR count). The number of nitrogens with two attached hydrogens (primary N) is 1. The second-order valence-electron chi connectivity index (χ2n) is 1.83. The first-order valence-corrected chi connectivity index (χ1v) is 2.91. The van der Waals surface area contributed by atoms with Crippen molar-refractivity contribution in [3.05, 3.63) is 11.8 Å². The van der Waals surface area contributed by atoms with E-state index in [9.17, 15) is 4.79 Å². The molecule has 0 bridgehead atoms. The summed E-state index contributed by atoms with van der Waals surface area (Å²) in [6.45, 7) is 0.674. The van der Waals surface area contributed by atoms with Crippen molar-refractivity contribution < 1.29 is 9.53 Å². The molecule has 0 spiro atoms. The average molecular weight is 127 g/mol. The first-order chi connectivity index (χ1) is 4.34. The van der Waals surface area contributed by atoms with Crippen molar-refractivity contribution >= 4 is 5.78 Å². The minimum atomic E-state index is -0.104. The Labute approximate surface area is 53.5 Å². The molecule has 0 aliphatic carbocycles. The number of ether oxygens (including phenoxy) is 1. The zero-order chi connectivity index (χ0) is 6.69. The first-order valence-electron chi connectivity index (χ1n) is 2.91. The van der Waals surface area contributed by atoms with Crippen LogP contribution in [0, 0.1) is 0 Å². The second-order valence-corrected chi connectivity index (χ2v) is 1.83. The van der Waals surface area contributed by atoms with Gasteiger partial charge in [0.25, 0.3) is 0 Å². The molecule has 0 saturated heterocycles. The van der Waals surface area contributed by atoms with Gasteiger partial charge in [-0.25, -0.2) is 0 Å². The molecule has 0 radical (unpaired) electrons. The summed E-state index contributed by atoms with van der Waals surface area (Å²) in [4.78, 5) is 10.7. The van der Waals surface area contributed by atoms with Crippen molar-refractivity contribution in [3.63, 3.8) is 0 Å². The minimum absolute atomic E-state index is 0.0475. The third-order valence-corrected chi connectivity index (χ3v) is 1.17. The third-order valence-electron chi connectivity index (χ3n) is 1.17. The van der Waals surface area contributed by atoms with Gasteiger partial charge < -0.3 is 10.5 Å². The Morgan fingerprint density at radius 1 is 1.89 bits per heavy atom. The van der Waals surface area contributed by atoms with Gasteiger partial charge >= 0.3 is 0 Å². The van der Waals surface area contributed by atoms with Gasteiger partial charge in [0.1, 0.15) is 0 Å². The van der Waals surface area contributed by atoms with E-state index in [0.717, 1.165) is 6.42 Å². The van der Waals surface area contributed by atoms with E-state index in [1.165, 1.54) is 0 Å². The number of hydrogen-bond donors (Lipinski definition) is 1. The molecule has 1 aliphatic heterocycles. The predicted molar refractivity (Wildman–Crippen MR) is 32.7 cm³/mol. The molecule has 2 N–H and O–H groups in total. The van der Waals surface area contributed by atoms with E-state index >= 15 is 0 Å². The van der Waals surface area contributed by atoms with Crippen LogP contribution in [0.15, 0.2) is 11.8 Å². The summed E-state index contributed by atoms with van der Waals surface area (Å²) in [6.07, 6.45) is 2.61. The summed E-state index contributed by atoms with van der Waals surface area (Å²) in [5.74, 6) is 0.338. The fourth-order valence-electron chi connectivity index (χ4n) is 0.713. The highest BCUT2D eigenvalue weighted by Crippen LogP contribution is 2.08. The molecular weight excluding hydrogens is 118 g/mol. The Bertz CT molecular complexity index is 151. The lowest BCUT2D eigenvalue weighted by Crippen LogP contribution is -2.15. The number of ketones is 1. The third kappa shape index (κ3) is 1.29. The van der Waals surface area contributed by atoms with Gasteiger partial charge in [0.05, 0.1) is 13.2 Å². The quantitative estimate of drug-likeness (QED) is 0.559. The number of carbonyl (C=O) groups is 1. The lowest BCUT2D eigenvalue weighted by Gasteiger charge is -1.97. The lowest BCUT2D eigenvalue weighted by atomic mass is 10.3. The molecule has 0 aromatic carbocycles. The molecule has 9 heavy (non-hydrogen) atoms. The molecule has 0 aromatic heterocycles. The summed E-state index contributed by atoms with van der Waals surface area (Å²) >= 11 is 0. The zero-order valence-corrected chi connectivity index (χ0v) is 5.09. The number of carbonyl (C=O) groups excluding carboxylic acids is 1. The lowest BCUT2D eigenvalue weighted by molar-refractivity contribution is -0.117. The van der Waals surface area contributed by atoms with E-state index in [1.807, 2.05) is 0 Å². The Morgan fingerprint density at radius 2 is 2.67 bits per heavy atom. The SMILES string of the molecule is NCC(=O)C1=CCCO1. The van der Waals surface area contributed by atoms with Crippen LogP contribution in [-0.2, 0) is 9.53 Å². The molecule has 1 heterocycles. The Balaban J connectivity index is 2.51. The van der Waals surface area contributed by atoms with Gasteiger partial charge in [-0.1, -0.05) is 0 Å². The van der Waals surface area contributed by atoms with E-state index < -0.39 is 0 Å². The van der Waals surface area contributed by atoms with Gasteiger partial charge in [-0.2, -0.15) is 0 Å². The average Bonchev–Trinajstić information content (AvgIpc) is 2.37. The maximum absolute atomic E-state index is 10.7. The smallest absolute Gasteiger partial charge is 0.210 e. The maximum Gasteiger partial charge on any atom is 0.210 e. The van der Waals surface area contributed by atoms with Crippen molar-refractivity contribution in [1.82, 2.24) is 0 Å². The Kier molecular flexibility index (Phi) is 1.85. The largest absolute Gasteiger partial charge is 0.490 e. The molecule has 1 aliphatic rings. The number of hydrogen-bond acceptors (Lipinski definition) is 3. The van der Waals surface area contributed by atoms with Crippen molar-refractivity contribution in [1.29, 1.82) is 0 Å².